The Balaban J connectivity index is 1.61. The largest absolute Gasteiger partial charge is 0.493 e. The molecule has 0 N–H and O–H groups in total. The van der Waals surface area contributed by atoms with Crippen LogP contribution in [0.15, 0.2) is 69.8 Å². The zero-order valence-corrected chi connectivity index (χ0v) is 20.3. The first-order valence-corrected chi connectivity index (χ1v) is 11.1. The highest BCUT2D eigenvalue weighted by Crippen LogP contribution is 2.38. The Kier molecular flexibility index (Phi) is 7.13. The molecule has 0 aromatic heterocycles. The minimum absolute atomic E-state index is 0.0186. The number of aliphatic imine (C=N–C) groups is 1. The maximum atomic E-state index is 13.9. The van der Waals surface area contributed by atoms with Crippen LogP contribution in [-0.4, -0.2) is 23.9 Å². The molecule has 3 aromatic rings. The van der Waals surface area contributed by atoms with Crippen molar-refractivity contribution in [2.24, 2.45) is 4.99 Å². The first-order chi connectivity index (χ1) is 16.8. The van der Waals surface area contributed by atoms with Gasteiger partial charge < -0.3 is 14.2 Å². The fourth-order valence-electron chi connectivity index (χ4n) is 3.20. The second-order valence-corrected chi connectivity index (χ2v) is 8.44. The van der Waals surface area contributed by atoms with Gasteiger partial charge in [0, 0.05) is 17.2 Å². The van der Waals surface area contributed by atoms with E-state index in [1.54, 1.807) is 30.3 Å². The standard InChI is InChI=1S/C24H15BrClFN2O6/c1-33-21-10-13(8-16(25)22(21)34-12-15-4-2-3-5-18(15)27)9-19-24(30)35-23(28-19)14-6-7-17(26)20(11-14)29(31)32/h2-11H,12H2,1H3/b19-9-. The molecule has 35 heavy (non-hydrogen) atoms. The van der Waals surface area contributed by atoms with Crippen molar-refractivity contribution < 1.29 is 28.3 Å². The van der Waals surface area contributed by atoms with Gasteiger partial charge in [0.1, 0.15) is 17.4 Å². The van der Waals surface area contributed by atoms with Crippen LogP contribution in [0, 0.1) is 15.9 Å². The number of hydrogen-bond acceptors (Lipinski definition) is 7. The molecule has 3 aromatic carbocycles. The third kappa shape index (κ3) is 5.33. The third-order valence-electron chi connectivity index (χ3n) is 4.90. The lowest BCUT2D eigenvalue weighted by Gasteiger charge is -2.14. The smallest absolute Gasteiger partial charge is 0.363 e. The van der Waals surface area contributed by atoms with E-state index >= 15 is 0 Å². The summed E-state index contributed by atoms with van der Waals surface area (Å²) in [5, 5.41) is 11.1. The van der Waals surface area contributed by atoms with Crippen LogP contribution in [0.4, 0.5) is 10.1 Å². The van der Waals surface area contributed by atoms with Crippen LogP contribution in [0.5, 0.6) is 11.5 Å². The molecular weight excluding hydrogens is 547 g/mol. The van der Waals surface area contributed by atoms with Gasteiger partial charge in [0.05, 0.1) is 16.5 Å². The molecule has 1 aliphatic heterocycles. The molecule has 1 aliphatic rings. The fourth-order valence-corrected chi connectivity index (χ4v) is 3.97. The summed E-state index contributed by atoms with van der Waals surface area (Å²) in [7, 11) is 1.45. The first kappa shape index (κ1) is 24.4. The van der Waals surface area contributed by atoms with E-state index in [-0.39, 0.29) is 40.3 Å². The number of carbonyl (C=O) groups is 1. The average Bonchev–Trinajstić information content (AvgIpc) is 3.19. The number of halogens is 3. The number of carbonyl (C=O) groups excluding carboxylic acids is 1. The number of nitro benzene ring substituents is 1. The lowest BCUT2D eigenvalue weighted by molar-refractivity contribution is -0.384. The average molecular weight is 562 g/mol. The number of benzene rings is 3. The van der Waals surface area contributed by atoms with Crippen molar-refractivity contribution in [2.75, 3.05) is 7.11 Å². The molecule has 0 atom stereocenters. The molecule has 8 nitrogen and oxygen atoms in total. The molecule has 0 amide bonds. The Bertz CT molecular complexity index is 1410. The van der Waals surface area contributed by atoms with Gasteiger partial charge in [-0.15, -0.1) is 0 Å². The SMILES string of the molecule is COc1cc(/C=C2\N=C(c3ccc(Cl)c([N+](=O)[O-])c3)OC2=O)cc(Br)c1OCc1ccccc1F. The molecule has 0 bridgehead atoms. The summed E-state index contributed by atoms with van der Waals surface area (Å²) in [4.78, 5) is 27.0. The Morgan fingerprint density at radius 2 is 2.00 bits per heavy atom. The van der Waals surface area contributed by atoms with Gasteiger partial charge in [-0.25, -0.2) is 14.2 Å². The predicted octanol–water partition coefficient (Wildman–Crippen LogP) is 6.08. The third-order valence-corrected chi connectivity index (χ3v) is 5.80. The van der Waals surface area contributed by atoms with E-state index in [0.29, 0.717) is 27.1 Å². The maximum Gasteiger partial charge on any atom is 0.363 e. The van der Waals surface area contributed by atoms with Gasteiger partial charge in [0.2, 0.25) is 5.90 Å². The van der Waals surface area contributed by atoms with Crippen LogP contribution >= 0.6 is 27.5 Å². The van der Waals surface area contributed by atoms with E-state index in [1.165, 1.54) is 37.5 Å². The number of nitrogens with zero attached hydrogens (tertiary/aromatic N) is 2. The topological polar surface area (TPSA) is 100 Å². The van der Waals surface area contributed by atoms with E-state index in [4.69, 9.17) is 25.8 Å². The molecule has 4 rings (SSSR count). The Morgan fingerprint density at radius 1 is 1.23 bits per heavy atom. The molecule has 178 valence electrons. The van der Waals surface area contributed by atoms with Gasteiger partial charge in [-0.05, 0) is 57.9 Å². The number of nitro groups is 1. The van der Waals surface area contributed by atoms with Gasteiger partial charge >= 0.3 is 5.97 Å². The molecule has 11 heteroatoms. The van der Waals surface area contributed by atoms with Crippen LogP contribution < -0.4 is 9.47 Å². The lowest BCUT2D eigenvalue weighted by atomic mass is 10.1. The number of hydrogen-bond donors (Lipinski definition) is 0. The van der Waals surface area contributed by atoms with Crippen LogP contribution in [0.3, 0.4) is 0 Å². The highest BCUT2D eigenvalue weighted by Gasteiger charge is 2.26. The van der Waals surface area contributed by atoms with Gasteiger partial charge in [-0.2, -0.15) is 0 Å². The summed E-state index contributed by atoms with van der Waals surface area (Å²) in [5.74, 6) is -0.510. The molecular formula is C24H15BrClFN2O6. The normalized spacial score (nSPS) is 14.0. The monoisotopic (exact) mass is 560 g/mol. The summed E-state index contributed by atoms with van der Waals surface area (Å²) in [6.45, 7) is -0.0186. The summed E-state index contributed by atoms with van der Waals surface area (Å²) in [5.41, 5.74) is 0.789. The van der Waals surface area contributed by atoms with E-state index in [0.717, 1.165) is 0 Å². The highest BCUT2D eigenvalue weighted by molar-refractivity contribution is 9.10. The maximum absolute atomic E-state index is 13.9. The lowest BCUT2D eigenvalue weighted by Crippen LogP contribution is -2.06. The molecule has 1 heterocycles. The number of ether oxygens (including phenoxy) is 3. The van der Waals surface area contributed by atoms with Gasteiger partial charge in [-0.1, -0.05) is 29.8 Å². The second kappa shape index (κ2) is 10.2. The molecule has 0 spiro atoms. The van der Waals surface area contributed by atoms with Crippen molar-refractivity contribution in [3.05, 3.63) is 102 Å². The molecule has 0 fully saturated rings. The van der Waals surface area contributed by atoms with E-state index in [2.05, 4.69) is 20.9 Å². The van der Waals surface area contributed by atoms with Crippen molar-refractivity contribution in [2.45, 2.75) is 6.61 Å². The number of rotatable bonds is 7. The molecule has 0 saturated heterocycles. The quantitative estimate of drug-likeness (QED) is 0.150. The molecule has 0 saturated carbocycles. The zero-order chi connectivity index (χ0) is 25.1. The van der Waals surface area contributed by atoms with E-state index < -0.39 is 10.9 Å². The Labute approximate surface area is 211 Å². The van der Waals surface area contributed by atoms with Crippen molar-refractivity contribution in [1.29, 1.82) is 0 Å². The van der Waals surface area contributed by atoms with Crippen molar-refractivity contribution in [1.82, 2.24) is 0 Å². The fraction of sp³-hybridized carbons (Fsp3) is 0.0833. The Morgan fingerprint density at radius 3 is 2.71 bits per heavy atom. The molecule has 0 unspecified atom stereocenters. The van der Waals surface area contributed by atoms with E-state index in [1.807, 2.05) is 0 Å². The van der Waals surface area contributed by atoms with Gasteiger partial charge in [0.25, 0.3) is 5.69 Å². The zero-order valence-electron chi connectivity index (χ0n) is 18.0. The number of esters is 1. The van der Waals surface area contributed by atoms with Crippen LogP contribution in [-0.2, 0) is 16.1 Å². The predicted molar refractivity (Wildman–Crippen MR) is 130 cm³/mol. The van der Waals surface area contributed by atoms with Crippen LogP contribution in [0.1, 0.15) is 16.7 Å². The molecule has 0 radical (unpaired) electrons. The van der Waals surface area contributed by atoms with Crippen molar-refractivity contribution >= 4 is 51.2 Å². The first-order valence-electron chi connectivity index (χ1n) is 9.97. The minimum Gasteiger partial charge on any atom is -0.493 e. The van der Waals surface area contributed by atoms with Crippen molar-refractivity contribution in [3.8, 4) is 11.5 Å². The number of methoxy groups -OCH3 is 1. The van der Waals surface area contributed by atoms with Crippen molar-refractivity contribution in [3.63, 3.8) is 0 Å². The summed E-state index contributed by atoms with van der Waals surface area (Å²) >= 11 is 9.25. The number of cyclic esters (lactones) is 1. The van der Waals surface area contributed by atoms with E-state index in [9.17, 15) is 19.3 Å². The molecule has 0 aliphatic carbocycles. The van der Waals surface area contributed by atoms with Crippen LogP contribution in [0.25, 0.3) is 6.08 Å². The summed E-state index contributed by atoms with van der Waals surface area (Å²) in [6.07, 6.45) is 1.47. The summed E-state index contributed by atoms with van der Waals surface area (Å²) in [6, 6.07) is 13.5. The van der Waals surface area contributed by atoms with Gasteiger partial charge in [0.15, 0.2) is 17.2 Å². The van der Waals surface area contributed by atoms with Crippen LogP contribution in [0.2, 0.25) is 5.02 Å². The Hall–Kier alpha value is -3.76. The minimum atomic E-state index is -0.729. The summed E-state index contributed by atoms with van der Waals surface area (Å²) < 4.78 is 30.8. The highest BCUT2D eigenvalue weighted by atomic mass is 79.9. The second-order valence-electron chi connectivity index (χ2n) is 7.17. The van der Waals surface area contributed by atoms with Gasteiger partial charge in [-0.3, -0.25) is 10.1 Å².